The Hall–Kier alpha value is -1.81. The van der Waals surface area contributed by atoms with Crippen LogP contribution in [0.4, 0.5) is 4.39 Å². The predicted molar refractivity (Wildman–Crippen MR) is 56.9 cm³/mol. The zero-order chi connectivity index (χ0) is 11.5. The van der Waals surface area contributed by atoms with Crippen LogP contribution in [0.5, 0.6) is 0 Å². The topological polar surface area (TPSA) is 42.9 Å². The molecule has 0 radical (unpaired) electrons. The van der Waals surface area contributed by atoms with Crippen LogP contribution in [0.25, 0.3) is 0 Å². The SMILES string of the molecule is O=C(c1cnccn1)c1ccc(F)cc1Cl. The van der Waals surface area contributed by atoms with E-state index in [1.807, 2.05) is 0 Å². The van der Waals surface area contributed by atoms with Gasteiger partial charge in [-0.25, -0.2) is 9.37 Å². The average Bonchev–Trinajstić information content (AvgIpc) is 2.29. The number of benzene rings is 1. The molecule has 0 spiro atoms. The van der Waals surface area contributed by atoms with Crippen LogP contribution >= 0.6 is 11.6 Å². The summed E-state index contributed by atoms with van der Waals surface area (Å²) < 4.78 is 12.8. The second-order valence-electron chi connectivity index (χ2n) is 3.04. The van der Waals surface area contributed by atoms with Crippen LogP contribution in [0, 0.1) is 5.82 Å². The molecule has 0 aliphatic carbocycles. The lowest BCUT2D eigenvalue weighted by Crippen LogP contribution is -2.05. The van der Waals surface area contributed by atoms with Gasteiger partial charge in [0.05, 0.1) is 11.2 Å². The van der Waals surface area contributed by atoms with Gasteiger partial charge >= 0.3 is 0 Å². The lowest BCUT2D eigenvalue weighted by atomic mass is 10.1. The van der Waals surface area contributed by atoms with Gasteiger partial charge in [-0.2, -0.15) is 0 Å². The maximum Gasteiger partial charge on any atom is 0.214 e. The molecule has 1 aromatic carbocycles. The van der Waals surface area contributed by atoms with Gasteiger partial charge in [0.2, 0.25) is 5.78 Å². The molecule has 0 aliphatic heterocycles. The van der Waals surface area contributed by atoms with Crippen LogP contribution in [-0.2, 0) is 0 Å². The predicted octanol–water partition coefficient (Wildman–Crippen LogP) is 2.50. The van der Waals surface area contributed by atoms with Gasteiger partial charge in [-0.3, -0.25) is 9.78 Å². The summed E-state index contributed by atoms with van der Waals surface area (Å²) in [6.07, 6.45) is 4.20. The van der Waals surface area contributed by atoms with Crippen molar-refractivity contribution in [3.05, 3.63) is 58.9 Å². The van der Waals surface area contributed by atoms with E-state index in [1.54, 1.807) is 0 Å². The molecule has 5 heteroatoms. The first kappa shape index (κ1) is 10.7. The summed E-state index contributed by atoms with van der Waals surface area (Å²) in [7, 11) is 0. The van der Waals surface area contributed by atoms with Crippen molar-refractivity contribution in [2.75, 3.05) is 0 Å². The molecule has 1 aromatic heterocycles. The molecule has 0 fully saturated rings. The number of carbonyl (C=O) groups excluding carboxylic acids is 1. The summed E-state index contributed by atoms with van der Waals surface area (Å²) in [5.41, 5.74) is 0.388. The minimum absolute atomic E-state index is 0.0654. The Bertz CT molecular complexity index is 531. The molecule has 2 aromatic rings. The first-order valence-electron chi connectivity index (χ1n) is 4.44. The van der Waals surface area contributed by atoms with Gasteiger partial charge in [-0.05, 0) is 18.2 Å². The molecule has 1 heterocycles. The van der Waals surface area contributed by atoms with E-state index in [9.17, 15) is 9.18 Å². The Labute approximate surface area is 95.9 Å². The van der Waals surface area contributed by atoms with Gasteiger partial charge in [0.15, 0.2) is 0 Å². The third-order valence-corrected chi connectivity index (χ3v) is 2.28. The fourth-order valence-corrected chi connectivity index (χ4v) is 1.48. The van der Waals surface area contributed by atoms with E-state index in [2.05, 4.69) is 9.97 Å². The largest absolute Gasteiger partial charge is 0.287 e. The Balaban J connectivity index is 2.42. The number of aromatic nitrogens is 2. The molecule has 0 aliphatic rings. The molecule has 0 atom stereocenters. The van der Waals surface area contributed by atoms with Crippen molar-refractivity contribution in [3.8, 4) is 0 Å². The quantitative estimate of drug-likeness (QED) is 0.753. The Morgan fingerprint density at radius 3 is 2.75 bits per heavy atom. The molecule has 0 bridgehead atoms. The molecule has 16 heavy (non-hydrogen) atoms. The number of rotatable bonds is 2. The van der Waals surface area contributed by atoms with E-state index in [4.69, 9.17) is 11.6 Å². The standard InChI is InChI=1S/C11H6ClFN2O/c12-9-5-7(13)1-2-8(9)11(16)10-6-14-3-4-15-10/h1-6H. The summed E-state index contributed by atoms with van der Waals surface area (Å²) in [4.78, 5) is 19.5. The van der Waals surface area contributed by atoms with Gasteiger partial charge in [-0.1, -0.05) is 11.6 Å². The van der Waals surface area contributed by atoms with Crippen molar-refractivity contribution < 1.29 is 9.18 Å². The minimum atomic E-state index is -0.485. The van der Waals surface area contributed by atoms with Crippen molar-refractivity contribution in [1.29, 1.82) is 0 Å². The first-order chi connectivity index (χ1) is 7.68. The number of carbonyl (C=O) groups is 1. The zero-order valence-electron chi connectivity index (χ0n) is 8.02. The van der Waals surface area contributed by atoms with E-state index >= 15 is 0 Å². The van der Waals surface area contributed by atoms with E-state index in [-0.39, 0.29) is 22.1 Å². The average molecular weight is 237 g/mol. The molecular weight excluding hydrogens is 231 g/mol. The molecule has 0 saturated carbocycles. The van der Waals surface area contributed by atoms with Crippen LogP contribution in [0.3, 0.4) is 0 Å². The van der Waals surface area contributed by atoms with E-state index < -0.39 is 5.82 Å². The third kappa shape index (κ3) is 2.06. The second kappa shape index (κ2) is 4.37. The number of ketones is 1. The normalized spacial score (nSPS) is 10.1. The van der Waals surface area contributed by atoms with Gasteiger partial charge in [0, 0.05) is 18.0 Å². The molecular formula is C11H6ClFN2O. The summed E-state index contributed by atoms with van der Waals surface area (Å²) in [5.74, 6) is -0.862. The number of halogens is 2. The molecule has 80 valence electrons. The monoisotopic (exact) mass is 236 g/mol. The molecule has 2 rings (SSSR count). The number of hydrogen-bond acceptors (Lipinski definition) is 3. The smallest absolute Gasteiger partial charge is 0.214 e. The Kier molecular flexibility index (Phi) is 2.92. The van der Waals surface area contributed by atoms with Crippen molar-refractivity contribution in [2.45, 2.75) is 0 Å². The highest BCUT2D eigenvalue weighted by Gasteiger charge is 2.14. The lowest BCUT2D eigenvalue weighted by molar-refractivity contribution is 0.103. The Morgan fingerprint density at radius 1 is 1.31 bits per heavy atom. The highest BCUT2D eigenvalue weighted by Crippen LogP contribution is 2.19. The van der Waals surface area contributed by atoms with Crippen molar-refractivity contribution in [2.24, 2.45) is 0 Å². The summed E-state index contributed by atoms with van der Waals surface area (Å²) >= 11 is 5.77. The van der Waals surface area contributed by atoms with Gasteiger partial charge in [-0.15, -0.1) is 0 Å². The maximum atomic E-state index is 12.8. The summed E-state index contributed by atoms with van der Waals surface area (Å²) in [5, 5.41) is 0.0654. The van der Waals surface area contributed by atoms with Crippen LogP contribution in [0.15, 0.2) is 36.8 Å². The number of hydrogen-bond donors (Lipinski definition) is 0. The fraction of sp³-hybridized carbons (Fsp3) is 0. The highest BCUT2D eigenvalue weighted by atomic mass is 35.5. The third-order valence-electron chi connectivity index (χ3n) is 1.97. The van der Waals surface area contributed by atoms with Crippen molar-refractivity contribution in [1.82, 2.24) is 9.97 Å². The van der Waals surface area contributed by atoms with Crippen LogP contribution < -0.4 is 0 Å². The van der Waals surface area contributed by atoms with E-state index in [1.165, 1.54) is 30.7 Å². The van der Waals surface area contributed by atoms with Crippen LogP contribution in [0.2, 0.25) is 5.02 Å². The fourth-order valence-electron chi connectivity index (χ4n) is 1.23. The van der Waals surface area contributed by atoms with Crippen molar-refractivity contribution in [3.63, 3.8) is 0 Å². The summed E-state index contributed by atoms with van der Waals surface area (Å²) in [6.45, 7) is 0. The van der Waals surface area contributed by atoms with Gasteiger partial charge < -0.3 is 0 Å². The number of nitrogens with zero attached hydrogens (tertiary/aromatic N) is 2. The second-order valence-corrected chi connectivity index (χ2v) is 3.45. The van der Waals surface area contributed by atoms with E-state index in [0.29, 0.717) is 0 Å². The first-order valence-corrected chi connectivity index (χ1v) is 4.82. The lowest BCUT2D eigenvalue weighted by Gasteiger charge is -2.02. The Morgan fingerprint density at radius 2 is 2.12 bits per heavy atom. The van der Waals surface area contributed by atoms with Crippen LogP contribution in [-0.4, -0.2) is 15.8 Å². The molecule has 3 nitrogen and oxygen atoms in total. The van der Waals surface area contributed by atoms with Crippen molar-refractivity contribution >= 4 is 17.4 Å². The minimum Gasteiger partial charge on any atom is -0.287 e. The van der Waals surface area contributed by atoms with E-state index in [0.717, 1.165) is 6.07 Å². The molecule has 0 saturated heterocycles. The highest BCUT2D eigenvalue weighted by molar-refractivity contribution is 6.34. The molecule has 0 amide bonds. The molecule has 0 unspecified atom stereocenters. The van der Waals surface area contributed by atoms with Gasteiger partial charge in [0.25, 0.3) is 0 Å². The zero-order valence-corrected chi connectivity index (χ0v) is 8.78. The maximum absolute atomic E-state index is 12.8. The summed E-state index contributed by atoms with van der Waals surface area (Å²) in [6, 6.07) is 3.59. The molecule has 0 N–H and O–H groups in total. The van der Waals surface area contributed by atoms with Gasteiger partial charge in [0.1, 0.15) is 11.5 Å². The van der Waals surface area contributed by atoms with Crippen LogP contribution in [0.1, 0.15) is 16.1 Å².